The van der Waals surface area contributed by atoms with Crippen LogP contribution in [0.3, 0.4) is 0 Å². The summed E-state index contributed by atoms with van der Waals surface area (Å²) in [6.45, 7) is 6.29. The van der Waals surface area contributed by atoms with E-state index in [4.69, 9.17) is 5.26 Å². The summed E-state index contributed by atoms with van der Waals surface area (Å²) in [5, 5.41) is 12.5. The molecule has 0 radical (unpaired) electrons. The number of benzene rings is 2. The summed E-state index contributed by atoms with van der Waals surface area (Å²) >= 11 is 3.43. The number of rotatable bonds is 5. The number of halogens is 1. The predicted molar refractivity (Wildman–Crippen MR) is 92.1 cm³/mol. The Morgan fingerprint density at radius 2 is 1.76 bits per heavy atom. The minimum absolute atomic E-state index is 0.631. The SMILES string of the molecule is CCN(CC)c1ccc(Nc2cc(Br)ccc2C#N)cc1. The molecule has 0 spiro atoms. The van der Waals surface area contributed by atoms with Crippen molar-refractivity contribution in [1.29, 1.82) is 5.26 Å². The van der Waals surface area contributed by atoms with E-state index in [1.165, 1.54) is 5.69 Å². The minimum atomic E-state index is 0.631. The van der Waals surface area contributed by atoms with Crippen LogP contribution in [0.1, 0.15) is 19.4 Å². The molecule has 0 atom stereocenters. The van der Waals surface area contributed by atoms with Gasteiger partial charge in [0.1, 0.15) is 6.07 Å². The fourth-order valence-electron chi connectivity index (χ4n) is 2.22. The van der Waals surface area contributed by atoms with Gasteiger partial charge in [-0.1, -0.05) is 15.9 Å². The molecule has 0 aromatic heterocycles. The van der Waals surface area contributed by atoms with Gasteiger partial charge in [0.25, 0.3) is 0 Å². The molecule has 0 aliphatic carbocycles. The molecule has 3 nitrogen and oxygen atoms in total. The van der Waals surface area contributed by atoms with Gasteiger partial charge < -0.3 is 10.2 Å². The number of nitriles is 1. The highest BCUT2D eigenvalue weighted by atomic mass is 79.9. The molecule has 108 valence electrons. The van der Waals surface area contributed by atoms with Crippen LogP contribution in [-0.2, 0) is 0 Å². The van der Waals surface area contributed by atoms with Crippen molar-refractivity contribution in [3.8, 4) is 6.07 Å². The first-order valence-corrected chi connectivity index (χ1v) is 7.79. The molecular formula is C17H18BrN3. The normalized spacial score (nSPS) is 10.0. The number of nitrogens with zero attached hydrogens (tertiary/aromatic N) is 2. The van der Waals surface area contributed by atoms with Crippen LogP contribution in [0.4, 0.5) is 17.1 Å². The Balaban J connectivity index is 2.21. The van der Waals surface area contributed by atoms with Crippen molar-refractivity contribution in [2.24, 2.45) is 0 Å². The second kappa shape index (κ2) is 7.14. The number of hydrogen-bond acceptors (Lipinski definition) is 3. The molecule has 0 saturated carbocycles. The van der Waals surface area contributed by atoms with Crippen molar-refractivity contribution >= 4 is 33.0 Å². The third kappa shape index (κ3) is 3.77. The van der Waals surface area contributed by atoms with Crippen LogP contribution >= 0.6 is 15.9 Å². The van der Waals surface area contributed by atoms with Gasteiger partial charge in [0.15, 0.2) is 0 Å². The highest BCUT2D eigenvalue weighted by Gasteiger charge is 2.05. The molecule has 0 heterocycles. The van der Waals surface area contributed by atoms with Crippen LogP contribution < -0.4 is 10.2 Å². The molecule has 0 aliphatic heterocycles. The quantitative estimate of drug-likeness (QED) is 0.838. The Bertz CT molecular complexity index is 640. The van der Waals surface area contributed by atoms with Gasteiger partial charge in [-0.05, 0) is 56.3 Å². The lowest BCUT2D eigenvalue weighted by Crippen LogP contribution is -2.21. The molecule has 0 aliphatic rings. The van der Waals surface area contributed by atoms with Crippen molar-refractivity contribution in [3.05, 3.63) is 52.5 Å². The third-order valence-electron chi connectivity index (χ3n) is 3.38. The van der Waals surface area contributed by atoms with Crippen molar-refractivity contribution < 1.29 is 0 Å². The molecule has 0 unspecified atom stereocenters. The third-order valence-corrected chi connectivity index (χ3v) is 3.87. The van der Waals surface area contributed by atoms with E-state index < -0.39 is 0 Å². The summed E-state index contributed by atoms with van der Waals surface area (Å²) in [5.74, 6) is 0. The molecule has 21 heavy (non-hydrogen) atoms. The molecule has 2 aromatic rings. The van der Waals surface area contributed by atoms with Crippen molar-refractivity contribution in [3.63, 3.8) is 0 Å². The lowest BCUT2D eigenvalue weighted by molar-refractivity contribution is 0.866. The Labute approximate surface area is 134 Å². The van der Waals surface area contributed by atoms with Crippen LogP contribution in [0.5, 0.6) is 0 Å². The van der Waals surface area contributed by atoms with E-state index in [-0.39, 0.29) is 0 Å². The fraction of sp³-hybridized carbons (Fsp3) is 0.235. The lowest BCUT2D eigenvalue weighted by Gasteiger charge is -2.21. The maximum Gasteiger partial charge on any atom is 0.101 e. The second-order valence-corrected chi connectivity index (χ2v) is 5.56. The molecule has 0 saturated heterocycles. The standard InChI is InChI=1S/C17H18BrN3/c1-3-21(4-2)16-9-7-15(8-10-16)20-17-11-14(18)6-5-13(17)12-19/h5-11,20H,3-4H2,1-2H3. The van der Waals surface area contributed by atoms with Gasteiger partial charge in [-0.15, -0.1) is 0 Å². The van der Waals surface area contributed by atoms with E-state index in [1.54, 1.807) is 6.07 Å². The van der Waals surface area contributed by atoms with Crippen LogP contribution in [0.2, 0.25) is 0 Å². The highest BCUT2D eigenvalue weighted by Crippen LogP contribution is 2.26. The zero-order valence-corrected chi connectivity index (χ0v) is 13.8. The van der Waals surface area contributed by atoms with E-state index in [9.17, 15) is 0 Å². The summed E-state index contributed by atoms with van der Waals surface area (Å²) in [5.41, 5.74) is 3.62. The van der Waals surface area contributed by atoms with Gasteiger partial charge in [-0.25, -0.2) is 0 Å². The Hall–Kier alpha value is -1.99. The summed E-state index contributed by atoms with van der Waals surface area (Å²) in [4.78, 5) is 2.30. The number of hydrogen-bond donors (Lipinski definition) is 1. The average molecular weight is 344 g/mol. The van der Waals surface area contributed by atoms with Crippen LogP contribution in [-0.4, -0.2) is 13.1 Å². The number of anilines is 3. The van der Waals surface area contributed by atoms with Gasteiger partial charge >= 0.3 is 0 Å². The van der Waals surface area contributed by atoms with Gasteiger partial charge in [0.05, 0.1) is 11.3 Å². The van der Waals surface area contributed by atoms with E-state index in [0.29, 0.717) is 5.56 Å². The largest absolute Gasteiger partial charge is 0.372 e. The zero-order valence-electron chi connectivity index (χ0n) is 12.2. The minimum Gasteiger partial charge on any atom is -0.372 e. The van der Waals surface area contributed by atoms with Gasteiger partial charge in [0, 0.05) is 28.9 Å². The Kier molecular flexibility index (Phi) is 5.24. The molecule has 2 rings (SSSR count). The lowest BCUT2D eigenvalue weighted by atomic mass is 10.2. The van der Waals surface area contributed by atoms with E-state index in [2.05, 4.69) is 58.2 Å². The van der Waals surface area contributed by atoms with Crippen molar-refractivity contribution in [1.82, 2.24) is 0 Å². The van der Waals surface area contributed by atoms with Crippen LogP contribution in [0.25, 0.3) is 0 Å². The molecule has 1 N–H and O–H groups in total. The molecule has 0 amide bonds. The number of nitrogens with one attached hydrogen (secondary N) is 1. The molecular weight excluding hydrogens is 326 g/mol. The predicted octanol–water partition coefficient (Wildman–Crippen LogP) is 4.91. The first-order valence-electron chi connectivity index (χ1n) is 6.99. The van der Waals surface area contributed by atoms with E-state index >= 15 is 0 Å². The summed E-state index contributed by atoms with van der Waals surface area (Å²) in [6.07, 6.45) is 0. The van der Waals surface area contributed by atoms with Crippen LogP contribution in [0.15, 0.2) is 46.9 Å². The van der Waals surface area contributed by atoms with E-state index in [1.807, 2.05) is 24.3 Å². The molecule has 2 aromatic carbocycles. The zero-order chi connectivity index (χ0) is 15.2. The van der Waals surface area contributed by atoms with Gasteiger partial charge in [-0.2, -0.15) is 5.26 Å². The topological polar surface area (TPSA) is 39.1 Å². The first-order chi connectivity index (χ1) is 10.2. The van der Waals surface area contributed by atoms with Crippen molar-refractivity contribution in [2.45, 2.75) is 13.8 Å². The summed E-state index contributed by atoms with van der Waals surface area (Å²) in [6, 6.07) is 16.1. The highest BCUT2D eigenvalue weighted by molar-refractivity contribution is 9.10. The monoisotopic (exact) mass is 343 g/mol. The van der Waals surface area contributed by atoms with Crippen molar-refractivity contribution in [2.75, 3.05) is 23.3 Å². The smallest absolute Gasteiger partial charge is 0.101 e. The summed E-state index contributed by atoms with van der Waals surface area (Å²) in [7, 11) is 0. The maximum atomic E-state index is 9.16. The molecule has 4 heteroatoms. The van der Waals surface area contributed by atoms with Gasteiger partial charge in [0.2, 0.25) is 0 Å². The maximum absolute atomic E-state index is 9.16. The summed E-state index contributed by atoms with van der Waals surface area (Å²) < 4.78 is 0.948. The average Bonchev–Trinajstić information content (AvgIpc) is 2.50. The molecule has 0 fully saturated rings. The Morgan fingerprint density at radius 3 is 2.33 bits per heavy atom. The van der Waals surface area contributed by atoms with Gasteiger partial charge in [-0.3, -0.25) is 0 Å². The van der Waals surface area contributed by atoms with E-state index in [0.717, 1.165) is 28.9 Å². The Morgan fingerprint density at radius 1 is 1.10 bits per heavy atom. The first kappa shape index (κ1) is 15.4. The molecule has 0 bridgehead atoms. The van der Waals surface area contributed by atoms with Crippen LogP contribution in [0, 0.1) is 11.3 Å². The fourth-order valence-corrected chi connectivity index (χ4v) is 2.58. The second-order valence-electron chi connectivity index (χ2n) is 4.65.